The van der Waals surface area contributed by atoms with Gasteiger partial charge in [0.15, 0.2) is 5.82 Å². The molecule has 1 aromatic heterocycles. The highest BCUT2D eigenvalue weighted by atomic mass is 19.3. The quantitative estimate of drug-likeness (QED) is 0.764. The maximum Gasteiger partial charge on any atom is 0.341 e. The average Bonchev–Trinajstić information content (AvgIpc) is 2.28. The molecule has 4 nitrogen and oxygen atoms in total. The highest BCUT2D eigenvalue weighted by Gasteiger charge is 2.28. The molecular formula is C10H7F3N2O2. The summed E-state index contributed by atoms with van der Waals surface area (Å²) in [5, 5.41) is 8.57. The molecule has 0 N–H and O–H groups in total. The zero-order chi connectivity index (χ0) is 13.0. The lowest BCUT2D eigenvalue weighted by atomic mass is 10.1. The molecular weight excluding hydrogens is 237 g/mol. The van der Waals surface area contributed by atoms with Gasteiger partial charge in [0.05, 0.1) is 18.4 Å². The molecule has 0 aliphatic rings. The van der Waals surface area contributed by atoms with Crippen LogP contribution >= 0.6 is 0 Å². The molecule has 0 bridgehead atoms. The van der Waals surface area contributed by atoms with E-state index in [0.717, 1.165) is 0 Å². The van der Waals surface area contributed by atoms with E-state index >= 15 is 0 Å². The van der Waals surface area contributed by atoms with E-state index in [1.54, 1.807) is 0 Å². The number of carbonyl (C=O) groups excluding carboxylic acids is 1. The number of hydrogen-bond donors (Lipinski definition) is 0. The Kier molecular flexibility index (Phi) is 4.04. The first-order valence-electron chi connectivity index (χ1n) is 4.56. The van der Waals surface area contributed by atoms with Crippen LogP contribution in [0.15, 0.2) is 6.20 Å². The minimum Gasteiger partial charge on any atom is -0.462 e. The van der Waals surface area contributed by atoms with Gasteiger partial charge in [0.1, 0.15) is 17.3 Å². The van der Waals surface area contributed by atoms with E-state index in [9.17, 15) is 18.0 Å². The molecule has 0 aliphatic carbocycles. The number of rotatable bonds is 3. The molecule has 0 radical (unpaired) electrons. The van der Waals surface area contributed by atoms with Gasteiger partial charge in [-0.15, -0.1) is 0 Å². The third-order valence-corrected chi connectivity index (χ3v) is 1.87. The molecule has 0 saturated heterocycles. The summed E-state index contributed by atoms with van der Waals surface area (Å²) in [6, 6.07) is 1.38. The number of halogens is 3. The molecule has 0 amide bonds. The molecule has 0 aliphatic heterocycles. The zero-order valence-electron chi connectivity index (χ0n) is 8.71. The molecule has 0 spiro atoms. The Bertz CT molecular complexity index is 483. The molecule has 90 valence electrons. The Balaban J connectivity index is 3.45. The van der Waals surface area contributed by atoms with Gasteiger partial charge < -0.3 is 4.74 Å². The summed E-state index contributed by atoms with van der Waals surface area (Å²) >= 11 is 0. The van der Waals surface area contributed by atoms with Crippen molar-refractivity contribution >= 4 is 5.97 Å². The van der Waals surface area contributed by atoms with E-state index in [-0.39, 0.29) is 6.61 Å². The zero-order valence-corrected chi connectivity index (χ0v) is 8.71. The number of ether oxygens (including phenoxy) is 1. The van der Waals surface area contributed by atoms with E-state index in [1.165, 1.54) is 13.0 Å². The van der Waals surface area contributed by atoms with E-state index in [0.29, 0.717) is 6.20 Å². The van der Waals surface area contributed by atoms with Gasteiger partial charge in [0, 0.05) is 0 Å². The molecule has 1 aromatic rings. The summed E-state index contributed by atoms with van der Waals surface area (Å²) in [5.41, 5.74) is -2.66. The van der Waals surface area contributed by atoms with E-state index in [4.69, 9.17) is 5.26 Å². The highest BCUT2D eigenvalue weighted by molar-refractivity contribution is 5.92. The number of hydrogen-bond acceptors (Lipinski definition) is 4. The van der Waals surface area contributed by atoms with Crippen LogP contribution in [0.3, 0.4) is 0 Å². The van der Waals surface area contributed by atoms with Crippen LogP contribution in [-0.4, -0.2) is 17.6 Å². The number of aromatic nitrogens is 1. The van der Waals surface area contributed by atoms with Crippen LogP contribution in [0.2, 0.25) is 0 Å². The van der Waals surface area contributed by atoms with Gasteiger partial charge >= 0.3 is 5.97 Å². The van der Waals surface area contributed by atoms with E-state index < -0.39 is 35.0 Å². The van der Waals surface area contributed by atoms with Gasteiger partial charge in [-0.05, 0) is 6.92 Å². The van der Waals surface area contributed by atoms with Crippen molar-refractivity contribution in [1.29, 1.82) is 5.26 Å². The van der Waals surface area contributed by atoms with Gasteiger partial charge in [-0.3, -0.25) is 0 Å². The van der Waals surface area contributed by atoms with Crippen molar-refractivity contribution in [2.45, 2.75) is 13.3 Å². The number of nitrogens with zero attached hydrogens (tertiary/aromatic N) is 2. The fraction of sp³-hybridized carbons (Fsp3) is 0.300. The van der Waals surface area contributed by atoms with E-state index in [1.807, 2.05) is 0 Å². The van der Waals surface area contributed by atoms with Crippen LogP contribution in [0.1, 0.15) is 35.0 Å². The maximum atomic E-state index is 13.3. The van der Waals surface area contributed by atoms with Gasteiger partial charge in [-0.1, -0.05) is 0 Å². The first-order valence-corrected chi connectivity index (χ1v) is 4.56. The molecule has 0 fully saturated rings. The number of alkyl halides is 2. The lowest BCUT2D eigenvalue weighted by molar-refractivity contribution is 0.0508. The summed E-state index contributed by atoms with van der Waals surface area (Å²) in [6.45, 7) is 1.36. The molecule has 0 unspecified atom stereocenters. The summed E-state index contributed by atoms with van der Waals surface area (Å²) < 4.78 is 43.1. The van der Waals surface area contributed by atoms with Crippen molar-refractivity contribution < 1.29 is 22.7 Å². The van der Waals surface area contributed by atoms with Crippen LogP contribution in [-0.2, 0) is 4.74 Å². The Hall–Kier alpha value is -2.10. The summed E-state index contributed by atoms with van der Waals surface area (Å²) in [5.74, 6) is -2.48. The Labute approximate surface area is 94.6 Å². The Morgan fingerprint density at radius 3 is 2.76 bits per heavy atom. The molecule has 17 heavy (non-hydrogen) atoms. The molecule has 1 rings (SSSR count). The largest absolute Gasteiger partial charge is 0.462 e. The summed E-state index contributed by atoms with van der Waals surface area (Å²) in [4.78, 5) is 14.5. The number of carbonyl (C=O) groups is 1. The summed E-state index contributed by atoms with van der Waals surface area (Å²) in [6.07, 6.45) is -2.65. The van der Waals surface area contributed by atoms with Crippen molar-refractivity contribution in [3.8, 4) is 6.07 Å². The van der Waals surface area contributed by atoms with E-state index in [2.05, 4.69) is 9.72 Å². The smallest absolute Gasteiger partial charge is 0.341 e. The van der Waals surface area contributed by atoms with Crippen molar-refractivity contribution in [3.05, 3.63) is 28.8 Å². The van der Waals surface area contributed by atoms with Crippen molar-refractivity contribution in [2.24, 2.45) is 0 Å². The summed E-state index contributed by atoms with van der Waals surface area (Å²) in [7, 11) is 0. The monoisotopic (exact) mass is 244 g/mol. The Morgan fingerprint density at radius 2 is 2.29 bits per heavy atom. The van der Waals surface area contributed by atoms with Gasteiger partial charge in [0.2, 0.25) is 0 Å². The molecule has 0 aromatic carbocycles. The maximum absolute atomic E-state index is 13.3. The lowest BCUT2D eigenvalue weighted by Gasteiger charge is -2.09. The van der Waals surface area contributed by atoms with Crippen LogP contribution in [0.4, 0.5) is 13.2 Å². The second-order valence-electron chi connectivity index (χ2n) is 2.88. The van der Waals surface area contributed by atoms with Crippen molar-refractivity contribution in [3.63, 3.8) is 0 Å². The SMILES string of the molecule is CCOC(=O)c1c(F)cnc(C#N)c1C(F)F. The van der Waals surface area contributed by atoms with Crippen LogP contribution < -0.4 is 0 Å². The number of esters is 1. The molecule has 7 heteroatoms. The number of nitriles is 1. The predicted molar refractivity (Wildman–Crippen MR) is 49.8 cm³/mol. The standard InChI is InChI=1S/C10H7F3N2O2/c1-2-17-10(16)7-5(11)4-15-6(3-14)8(7)9(12)13/h4,9H,2H2,1H3. The fourth-order valence-electron chi connectivity index (χ4n) is 1.21. The first-order chi connectivity index (χ1) is 8.02. The topological polar surface area (TPSA) is 63.0 Å². The second kappa shape index (κ2) is 5.30. The van der Waals surface area contributed by atoms with Crippen molar-refractivity contribution in [2.75, 3.05) is 6.61 Å². The van der Waals surface area contributed by atoms with Gasteiger partial charge in [-0.25, -0.2) is 22.9 Å². The minimum absolute atomic E-state index is 0.0921. The van der Waals surface area contributed by atoms with Crippen LogP contribution in [0.5, 0.6) is 0 Å². The molecule has 1 heterocycles. The number of pyridine rings is 1. The second-order valence-corrected chi connectivity index (χ2v) is 2.88. The first kappa shape index (κ1) is 13.0. The molecule has 0 saturated carbocycles. The molecule has 0 atom stereocenters. The van der Waals surface area contributed by atoms with Gasteiger partial charge in [0.25, 0.3) is 6.43 Å². The van der Waals surface area contributed by atoms with Crippen molar-refractivity contribution in [1.82, 2.24) is 4.98 Å². The third kappa shape index (κ3) is 2.53. The predicted octanol–water partition coefficient (Wildman–Crippen LogP) is 2.21. The fourth-order valence-corrected chi connectivity index (χ4v) is 1.21. The van der Waals surface area contributed by atoms with Crippen LogP contribution in [0, 0.1) is 17.1 Å². The third-order valence-electron chi connectivity index (χ3n) is 1.87. The Morgan fingerprint density at radius 1 is 1.65 bits per heavy atom. The normalized spacial score (nSPS) is 10.1. The van der Waals surface area contributed by atoms with Gasteiger partial charge in [-0.2, -0.15) is 5.26 Å². The van der Waals surface area contributed by atoms with Crippen LogP contribution in [0.25, 0.3) is 0 Å². The minimum atomic E-state index is -3.19. The lowest BCUT2D eigenvalue weighted by Crippen LogP contribution is -2.13. The highest BCUT2D eigenvalue weighted by Crippen LogP contribution is 2.27. The average molecular weight is 244 g/mol.